The largest absolute Gasteiger partial charge is 0.458 e. The van der Waals surface area contributed by atoms with Crippen LogP contribution >= 0.6 is 0 Å². The van der Waals surface area contributed by atoms with E-state index in [1.54, 1.807) is 5.57 Å². The van der Waals surface area contributed by atoms with Gasteiger partial charge in [0.15, 0.2) is 0 Å². The molecule has 0 saturated carbocycles. The predicted molar refractivity (Wildman–Crippen MR) is 259 cm³/mol. The zero-order valence-corrected chi connectivity index (χ0v) is 36.1. The summed E-state index contributed by atoms with van der Waals surface area (Å²) in [7, 11) is 0. The molecule has 5 atom stereocenters. The Hall–Kier alpha value is -6.64. The van der Waals surface area contributed by atoms with Crippen molar-refractivity contribution in [1.82, 2.24) is 0 Å². The summed E-state index contributed by atoms with van der Waals surface area (Å²) in [6, 6.07) is 45.6. The summed E-state index contributed by atoms with van der Waals surface area (Å²) in [4.78, 5) is 2.66. The molecule has 5 unspecified atom stereocenters. The van der Waals surface area contributed by atoms with Crippen LogP contribution in [0.2, 0.25) is 0 Å². The van der Waals surface area contributed by atoms with Gasteiger partial charge in [-0.15, -0.1) is 0 Å². The number of furan rings is 1. The molecule has 0 saturated heterocycles. The standard InChI is InChI=1S/C61H51NO/c1-38-26-34-55-52(36-38)49-33-29-43(37-56(49)61(55)53-23-10-8-18-47(53)48-19-9-11-24-54(48)61)40-27-31-44(32-28-40)62(57-35-30-42-16-6-7-17-45(42)39(57)2)58-25-13-22-51-50-21-12-20-46(59(50)63-60(51)58)41-14-4-3-5-15-41/h3-12,14-21,23-24,26-28,30-35,37-39,43,45,58H,13,22,25,29,36H2,1-2H3. The van der Waals surface area contributed by atoms with E-state index in [1.807, 2.05) is 0 Å². The second-order valence-corrected chi connectivity index (χ2v) is 19.0. The van der Waals surface area contributed by atoms with Crippen LogP contribution in [0.5, 0.6) is 0 Å². The van der Waals surface area contributed by atoms with Crippen molar-refractivity contribution in [2.45, 2.75) is 63.3 Å². The molecule has 0 aliphatic heterocycles. The minimum atomic E-state index is -0.287. The van der Waals surface area contributed by atoms with Gasteiger partial charge in [-0.05, 0) is 117 Å². The highest BCUT2D eigenvalue weighted by atomic mass is 16.3. The Morgan fingerprint density at radius 1 is 0.714 bits per heavy atom. The van der Waals surface area contributed by atoms with Crippen molar-refractivity contribution in [1.29, 1.82) is 0 Å². The lowest BCUT2D eigenvalue weighted by atomic mass is 9.67. The highest BCUT2D eigenvalue weighted by Crippen LogP contribution is 2.66. The van der Waals surface area contributed by atoms with E-state index in [9.17, 15) is 0 Å². The molecule has 7 aliphatic rings. The van der Waals surface area contributed by atoms with Crippen LogP contribution in [-0.2, 0) is 11.8 Å². The Labute approximate surface area is 371 Å². The first kappa shape index (κ1) is 37.0. The summed E-state index contributed by atoms with van der Waals surface area (Å²) in [5.41, 5.74) is 21.5. The van der Waals surface area contributed by atoms with E-state index in [-0.39, 0.29) is 17.4 Å². The summed E-state index contributed by atoms with van der Waals surface area (Å²) >= 11 is 0. The molecule has 1 aromatic heterocycles. The van der Waals surface area contributed by atoms with E-state index >= 15 is 0 Å². The number of fused-ring (bicyclic) bond motifs is 13. The number of nitrogens with zero attached hydrogens (tertiary/aromatic N) is 1. The molecule has 1 heterocycles. The zero-order valence-electron chi connectivity index (χ0n) is 36.1. The maximum absolute atomic E-state index is 7.19. The van der Waals surface area contributed by atoms with E-state index in [2.05, 4.69) is 201 Å². The van der Waals surface area contributed by atoms with Gasteiger partial charge in [0.2, 0.25) is 0 Å². The molecule has 13 rings (SSSR count). The topological polar surface area (TPSA) is 16.4 Å². The Balaban J connectivity index is 0.925. The van der Waals surface area contributed by atoms with Crippen molar-refractivity contribution in [3.8, 4) is 22.3 Å². The number of benzene rings is 5. The van der Waals surface area contributed by atoms with E-state index in [0.29, 0.717) is 17.8 Å². The number of aryl methyl sites for hydroxylation is 1. The lowest BCUT2D eigenvalue weighted by Crippen LogP contribution is -2.36. The van der Waals surface area contributed by atoms with Crippen LogP contribution in [0.15, 0.2) is 220 Å². The van der Waals surface area contributed by atoms with Gasteiger partial charge in [-0.25, -0.2) is 0 Å². The number of hydrogen-bond donors (Lipinski definition) is 0. The third-order valence-electron chi connectivity index (χ3n) is 15.6. The first-order valence-corrected chi connectivity index (χ1v) is 23.4. The summed E-state index contributed by atoms with van der Waals surface area (Å²) in [5, 5.41) is 1.26. The van der Waals surface area contributed by atoms with Gasteiger partial charge >= 0.3 is 0 Å². The number of anilines is 1. The highest BCUT2D eigenvalue weighted by molar-refractivity contribution is 5.96. The first-order chi connectivity index (χ1) is 31.1. The number of para-hydroxylation sites is 1. The lowest BCUT2D eigenvalue weighted by Gasteiger charge is -2.42. The van der Waals surface area contributed by atoms with Gasteiger partial charge in [0.05, 0.1) is 11.5 Å². The Bertz CT molecular complexity index is 3090. The minimum Gasteiger partial charge on any atom is -0.458 e. The van der Waals surface area contributed by atoms with Crippen LogP contribution in [0.3, 0.4) is 0 Å². The summed E-state index contributed by atoms with van der Waals surface area (Å²) in [6.45, 7) is 4.79. The fraction of sp³-hybridized carbons (Fsp3) is 0.213. The predicted octanol–water partition coefficient (Wildman–Crippen LogP) is 15.4. The van der Waals surface area contributed by atoms with Crippen LogP contribution in [0.4, 0.5) is 5.69 Å². The number of allylic oxidation sites excluding steroid dienone is 16. The maximum Gasteiger partial charge on any atom is 0.142 e. The van der Waals surface area contributed by atoms with Crippen molar-refractivity contribution in [3.63, 3.8) is 0 Å². The molecular formula is C61H51NO. The van der Waals surface area contributed by atoms with Gasteiger partial charge in [-0.1, -0.05) is 178 Å². The third kappa shape index (κ3) is 5.37. The first-order valence-electron chi connectivity index (χ1n) is 23.4. The van der Waals surface area contributed by atoms with E-state index < -0.39 is 0 Å². The molecule has 6 aromatic rings. The lowest BCUT2D eigenvalue weighted by molar-refractivity contribution is 0.413. The molecule has 0 bridgehead atoms. The van der Waals surface area contributed by atoms with E-state index in [1.165, 1.54) is 83.6 Å². The Morgan fingerprint density at radius 2 is 1.48 bits per heavy atom. The third-order valence-corrected chi connectivity index (χ3v) is 15.6. The molecule has 0 fully saturated rings. The highest BCUT2D eigenvalue weighted by Gasteiger charge is 2.55. The smallest absolute Gasteiger partial charge is 0.142 e. The summed E-state index contributed by atoms with van der Waals surface area (Å²) in [6.07, 6.45) is 29.3. The van der Waals surface area contributed by atoms with Crippen LogP contribution in [0.1, 0.15) is 79.5 Å². The summed E-state index contributed by atoms with van der Waals surface area (Å²) < 4.78 is 7.19. The number of rotatable bonds is 5. The van der Waals surface area contributed by atoms with E-state index in [4.69, 9.17) is 4.42 Å². The van der Waals surface area contributed by atoms with Gasteiger partial charge in [-0.3, -0.25) is 0 Å². The zero-order chi connectivity index (χ0) is 41.8. The molecule has 2 heteroatoms. The van der Waals surface area contributed by atoms with Crippen LogP contribution in [0.25, 0.3) is 33.2 Å². The SMILES string of the molecule is CC1C=CC2=C(C1)C1=CCC(c3ccc(N(C4=CC=C5C=CC=CC5C4C)C4CCCc5c4oc4c(-c6ccccc6)cccc54)cc3)C=C1C21c2ccccc2-c2ccccc21. The Kier molecular flexibility index (Phi) is 8.33. The number of hydrogen-bond acceptors (Lipinski definition) is 2. The molecular weight excluding hydrogens is 763 g/mol. The minimum absolute atomic E-state index is 0.0818. The fourth-order valence-corrected chi connectivity index (χ4v) is 12.8. The van der Waals surface area contributed by atoms with E-state index in [0.717, 1.165) is 43.4 Å². The van der Waals surface area contributed by atoms with Gasteiger partial charge in [0.25, 0.3) is 0 Å². The maximum atomic E-state index is 7.19. The molecule has 0 radical (unpaired) electrons. The average molecular weight is 814 g/mol. The van der Waals surface area contributed by atoms with Crippen molar-refractivity contribution in [2.24, 2.45) is 17.8 Å². The Morgan fingerprint density at radius 3 is 2.29 bits per heavy atom. The molecule has 63 heavy (non-hydrogen) atoms. The molecule has 7 aliphatic carbocycles. The van der Waals surface area contributed by atoms with Gasteiger partial charge in [0.1, 0.15) is 11.3 Å². The average Bonchev–Trinajstić information content (AvgIpc) is 3.97. The molecule has 0 amide bonds. The molecule has 0 N–H and O–H groups in total. The van der Waals surface area contributed by atoms with Crippen molar-refractivity contribution in [3.05, 3.63) is 244 Å². The quantitative estimate of drug-likeness (QED) is 0.172. The normalized spacial score (nSPS) is 24.4. The van der Waals surface area contributed by atoms with Gasteiger partial charge in [-0.2, -0.15) is 0 Å². The second-order valence-electron chi connectivity index (χ2n) is 19.0. The van der Waals surface area contributed by atoms with Gasteiger partial charge < -0.3 is 9.32 Å². The summed E-state index contributed by atoms with van der Waals surface area (Å²) in [5.74, 6) is 2.58. The van der Waals surface area contributed by atoms with Crippen molar-refractivity contribution >= 4 is 16.7 Å². The molecule has 2 nitrogen and oxygen atoms in total. The molecule has 1 spiro atoms. The monoisotopic (exact) mass is 813 g/mol. The van der Waals surface area contributed by atoms with Gasteiger partial charge in [0, 0.05) is 45.7 Å². The fourth-order valence-electron chi connectivity index (χ4n) is 12.8. The van der Waals surface area contributed by atoms with Crippen LogP contribution < -0.4 is 4.90 Å². The van der Waals surface area contributed by atoms with Crippen LogP contribution in [-0.4, -0.2) is 0 Å². The van der Waals surface area contributed by atoms with Crippen molar-refractivity contribution in [2.75, 3.05) is 4.90 Å². The molecule has 5 aromatic carbocycles. The second kappa shape index (κ2) is 14.2. The molecule has 306 valence electrons. The van der Waals surface area contributed by atoms with Crippen molar-refractivity contribution < 1.29 is 4.42 Å². The van der Waals surface area contributed by atoms with Crippen LogP contribution in [0, 0.1) is 17.8 Å².